The minimum atomic E-state index is -1.13. The molecule has 0 saturated heterocycles. The van der Waals surface area contributed by atoms with Crippen molar-refractivity contribution in [3.8, 4) is 5.75 Å². The number of aliphatic carboxylic acids is 1. The monoisotopic (exact) mass is 283 g/mol. The molecule has 0 saturated carbocycles. The van der Waals surface area contributed by atoms with Gasteiger partial charge in [0.2, 0.25) is 0 Å². The molecule has 19 heavy (non-hydrogen) atoms. The largest absolute Gasteiger partial charge is 0.497 e. The highest BCUT2D eigenvalue weighted by Gasteiger charge is 2.14. The summed E-state index contributed by atoms with van der Waals surface area (Å²) in [6.07, 6.45) is 0. The standard InChI is InChI=1S/C13H14ClNO4/c1-7(8(2)13(17)18)12(16)15-11-6-9(19-3)4-5-10(11)14/h4-6H,1-3H3,(H,15,16)(H,17,18). The normalized spacial score (nSPS) is 11.6. The van der Waals surface area contributed by atoms with Gasteiger partial charge in [0.25, 0.3) is 5.91 Å². The molecule has 0 atom stereocenters. The summed E-state index contributed by atoms with van der Waals surface area (Å²) in [6.45, 7) is 2.80. The molecule has 1 aromatic rings. The van der Waals surface area contributed by atoms with Gasteiger partial charge in [-0.2, -0.15) is 0 Å². The van der Waals surface area contributed by atoms with E-state index in [1.165, 1.54) is 21.0 Å². The van der Waals surface area contributed by atoms with Crippen molar-refractivity contribution in [2.75, 3.05) is 12.4 Å². The van der Waals surface area contributed by atoms with Crippen LogP contribution in [0.2, 0.25) is 5.02 Å². The minimum Gasteiger partial charge on any atom is -0.497 e. The fraction of sp³-hybridized carbons (Fsp3) is 0.231. The number of anilines is 1. The van der Waals surface area contributed by atoms with E-state index in [-0.39, 0.29) is 11.1 Å². The number of hydrogen-bond acceptors (Lipinski definition) is 3. The molecule has 5 nitrogen and oxygen atoms in total. The van der Waals surface area contributed by atoms with Crippen LogP contribution >= 0.6 is 11.6 Å². The number of amides is 1. The summed E-state index contributed by atoms with van der Waals surface area (Å²) in [7, 11) is 1.49. The Morgan fingerprint density at radius 3 is 2.42 bits per heavy atom. The Kier molecular flexibility index (Phi) is 4.94. The quantitative estimate of drug-likeness (QED) is 0.833. The second-order valence-corrected chi connectivity index (χ2v) is 4.26. The zero-order chi connectivity index (χ0) is 14.6. The zero-order valence-corrected chi connectivity index (χ0v) is 11.5. The van der Waals surface area contributed by atoms with Gasteiger partial charge >= 0.3 is 5.97 Å². The van der Waals surface area contributed by atoms with Crippen LogP contribution < -0.4 is 10.1 Å². The van der Waals surface area contributed by atoms with E-state index in [1.54, 1.807) is 18.2 Å². The molecule has 1 amide bonds. The van der Waals surface area contributed by atoms with Gasteiger partial charge in [-0.15, -0.1) is 0 Å². The molecule has 0 radical (unpaired) electrons. The molecular weight excluding hydrogens is 270 g/mol. The Labute approximate surface area is 115 Å². The number of carbonyl (C=O) groups is 2. The predicted molar refractivity (Wildman–Crippen MR) is 72.6 cm³/mol. The molecule has 2 N–H and O–H groups in total. The first-order chi connectivity index (χ1) is 8.86. The molecule has 0 fully saturated rings. The molecule has 0 aliphatic heterocycles. The van der Waals surface area contributed by atoms with Gasteiger partial charge in [0.15, 0.2) is 0 Å². The van der Waals surface area contributed by atoms with E-state index in [0.29, 0.717) is 16.5 Å². The first kappa shape index (κ1) is 15.0. The van der Waals surface area contributed by atoms with Gasteiger partial charge in [0, 0.05) is 17.2 Å². The van der Waals surface area contributed by atoms with E-state index < -0.39 is 11.9 Å². The first-order valence-electron chi connectivity index (χ1n) is 5.42. The average Bonchev–Trinajstić information content (AvgIpc) is 2.39. The van der Waals surface area contributed by atoms with Crippen molar-refractivity contribution in [3.63, 3.8) is 0 Å². The summed E-state index contributed by atoms with van der Waals surface area (Å²) in [5.74, 6) is -1.12. The van der Waals surface area contributed by atoms with E-state index in [1.807, 2.05) is 0 Å². The Balaban J connectivity index is 3.00. The fourth-order valence-corrected chi connectivity index (χ4v) is 1.44. The van der Waals surface area contributed by atoms with Crippen molar-refractivity contribution >= 4 is 29.2 Å². The molecule has 0 heterocycles. The van der Waals surface area contributed by atoms with Gasteiger partial charge in [-0.25, -0.2) is 4.79 Å². The van der Waals surface area contributed by atoms with E-state index in [9.17, 15) is 9.59 Å². The van der Waals surface area contributed by atoms with Crippen LogP contribution in [0, 0.1) is 0 Å². The highest BCUT2D eigenvalue weighted by Crippen LogP contribution is 2.27. The number of benzene rings is 1. The maximum absolute atomic E-state index is 11.9. The zero-order valence-electron chi connectivity index (χ0n) is 10.8. The summed E-state index contributed by atoms with van der Waals surface area (Å²) < 4.78 is 5.02. The van der Waals surface area contributed by atoms with Crippen LogP contribution in [-0.4, -0.2) is 24.1 Å². The van der Waals surface area contributed by atoms with Crippen LogP contribution in [0.25, 0.3) is 0 Å². The molecule has 0 spiro atoms. The van der Waals surface area contributed by atoms with Crippen LogP contribution in [0.15, 0.2) is 29.3 Å². The molecule has 1 rings (SSSR count). The number of carboxylic acid groups (broad SMARTS) is 1. The van der Waals surface area contributed by atoms with Crippen LogP contribution in [0.5, 0.6) is 5.75 Å². The summed E-state index contributed by atoms with van der Waals surface area (Å²) >= 11 is 5.94. The smallest absolute Gasteiger partial charge is 0.331 e. The molecular formula is C13H14ClNO4. The minimum absolute atomic E-state index is 0.0171. The summed E-state index contributed by atoms with van der Waals surface area (Å²) in [4.78, 5) is 22.7. The number of carboxylic acids is 1. The van der Waals surface area contributed by atoms with Crippen LogP contribution in [0.3, 0.4) is 0 Å². The Hall–Kier alpha value is -2.01. The predicted octanol–water partition coefficient (Wildman–Crippen LogP) is 2.71. The van der Waals surface area contributed by atoms with E-state index in [4.69, 9.17) is 21.4 Å². The van der Waals surface area contributed by atoms with Crippen molar-refractivity contribution in [1.82, 2.24) is 0 Å². The number of halogens is 1. The second kappa shape index (κ2) is 6.24. The van der Waals surface area contributed by atoms with Crippen molar-refractivity contribution in [1.29, 1.82) is 0 Å². The Morgan fingerprint density at radius 1 is 1.26 bits per heavy atom. The van der Waals surface area contributed by atoms with Crippen molar-refractivity contribution < 1.29 is 19.4 Å². The topological polar surface area (TPSA) is 75.6 Å². The van der Waals surface area contributed by atoms with Gasteiger partial charge in [0.05, 0.1) is 17.8 Å². The van der Waals surface area contributed by atoms with E-state index in [0.717, 1.165) is 0 Å². The molecule has 102 valence electrons. The molecule has 0 bridgehead atoms. The van der Waals surface area contributed by atoms with Gasteiger partial charge in [0.1, 0.15) is 5.75 Å². The van der Waals surface area contributed by atoms with E-state index >= 15 is 0 Å². The lowest BCUT2D eigenvalue weighted by Gasteiger charge is -2.10. The molecule has 0 aliphatic rings. The number of nitrogens with one attached hydrogen (secondary N) is 1. The third-order valence-corrected chi connectivity index (χ3v) is 2.98. The maximum Gasteiger partial charge on any atom is 0.331 e. The van der Waals surface area contributed by atoms with Crippen LogP contribution in [-0.2, 0) is 9.59 Å². The fourth-order valence-electron chi connectivity index (χ4n) is 1.27. The Bertz CT molecular complexity index is 552. The highest BCUT2D eigenvalue weighted by molar-refractivity contribution is 6.34. The highest BCUT2D eigenvalue weighted by atomic mass is 35.5. The van der Waals surface area contributed by atoms with Crippen molar-refractivity contribution in [2.45, 2.75) is 13.8 Å². The number of methoxy groups -OCH3 is 1. The van der Waals surface area contributed by atoms with Crippen LogP contribution in [0.1, 0.15) is 13.8 Å². The first-order valence-corrected chi connectivity index (χ1v) is 5.80. The van der Waals surface area contributed by atoms with Gasteiger partial charge in [-0.05, 0) is 26.0 Å². The lowest BCUT2D eigenvalue weighted by Crippen LogP contribution is -2.16. The molecule has 6 heteroatoms. The lowest BCUT2D eigenvalue weighted by molar-refractivity contribution is -0.133. The maximum atomic E-state index is 11.9. The number of hydrogen-bond donors (Lipinski definition) is 2. The summed E-state index contributed by atoms with van der Waals surface area (Å²) in [5.41, 5.74) is 0.464. The summed E-state index contributed by atoms with van der Waals surface area (Å²) in [6, 6.07) is 4.80. The SMILES string of the molecule is COc1ccc(Cl)c(NC(=O)C(C)=C(C)C(=O)O)c1. The summed E-state index contributed by atoms with van der Waals surface area (Å²) in [5, 5.41) is 11.7. The number of rotatable bonds is 4. The third kappa shape index (κ3) is 3.72. The van der Waals surface area contributed by atoms with Gasteiger partial charge in [-0.3, -0.25) is 4.79 Å². The van der Waals surface area contributed by atoms with Crippen molar-refractivity contribution in [2.24, 2.45) is 0 Å². The molecule has 0 aromatic heterocycles. The molecule has 0 unspecified atom stereocenters. The number of carbonyl (C=O) groups excluding carboxylic acids is 1. The van der Waals surface area contributed by atoms with Gasteiger partial charge < -0.3 is 15.2 Å². The molecule has 0 aliphatic carbocycles. The Morgan fingerprint density at radius 2 is 1.89 bits per heavy atom. The van der Waals surface area contributed by atoms with Crippen LogP contribution in [0.4, 0.5) is 5.69 Å². The average molecular weight is 284 g/mol. The van der Waals surface area contributed by atoms with Crippen molar-refractivity contribution in [3.05, 3.63) is 34.4 Å². The number of ether oxygens (including phenoxy) is 1. The molecule has 1 aromatic carbocycles. The lowest BCUT2D eigenvalue weighted by atomic mass is 10.1. The second-order valence-electron chi connectivity index (χ2n) is 3.86. The van der Waals surface area contributed by atoms with Gasteiger partial charge in [-0.1, -0.05) is 11.6 Å². The van der Waals surface area contributed by atoms with E-state index in [2.05, 4.69) is 5.32 Å². The third-order valence-electron chi connectivity index (χ3n) is 2.65.